The highest BCUT2D eigenvalue weighted by molar-refractivity contribution is 6.30. The van der Waals surface area contributed by atoms with Crippen molar-refractivity contribution in [2.24, 2.45) is 0 Å². The summed E-state index contributed by atoms with van der Waals surface area (Å²) in [6.45, 7) is 0. The van der Waals surface area contributed by atoms with Gasteiger partial charge >= 0.3 is 5.69 Å². The van der Waals surface area contributed by atoms with E-state index in [9.17, 15) is 4.79 Å². The average Bonchev–Trinajstić information content (AvgIpc) is 2.47. The first-order valence-electron chi connectivity index (χ1n) is 3.87. The molecule has 72 valence electrons. The molecule has 0 bridgehead atoms. The highest BCUT2D eigenvalue weighted by Gasteiger charge is 2.03. The van der Waals surface area contributed by atoms with Gasteiger partial charge in [-0.3, -0.25) is 4.98 Å². The zero-order valence-electron chi connectivity index (χ0n) is 7.07. The van der Waals surface area contributed by atoms with Crippen LogP contribution in [0.15, 0.2) is 29.1 Å². The first-order valence-corrected chi connectivity index (χ1v) is 4.25. The largest absolute Gasteiger partial charge is 0.368 e. The van der Waals surface area contributed by atoms with E-state index in [0.717, 1.165) is 0 Å². The van der Waals surface area contributed by atoms with Crippen LogP contribution in [0.1, 0.15) is 0 Å². The van der Waals surface area contributed by atoms with E-state index in [1.165, 1.54) is 4.68 Å². The Kier molecular flexibility index (Phi) is 2.01. The van der Waals surface area contributed by atoms with Crippen LogP contribution in [0.4, 0.5) is 5.95 Å². The number of aromatic nitrogens is 3. The van der Waals surface area contributed by atoms with Crippen molar-refractivity contribution in [3.05, 3.63) is 39.8 Å². The number of nitrogens with one attached hydrogen (secondary N) is 1. The molecule has 14 heavy (non-hydrogen) atoms. The molecule has 0 amide bonds. The fraction of sp³-hybridized carbons (Fsp3) is 0. The van der Waals surface area contributed by atoms with Gasteiger partial charge in [-0.15, -0.1) is 5.10 Å². The van der Waals surface area contributed by atoms with Gasteiger partial charge < -0.3 is 5.73 Å². The Morgan fingerprint density at radius 3 is 2.50 bits per heavy atom. The number of nitrogens with two attached hydrogens (primary N) is 1. The van der Waals surface area contributed by atoms with Crippen molar-refractivity contribution in [3.63, 3.8) is 0 Å². The van der Waals surface area contributed by atoms with Gasteiger partial charge in [-0.1, -0.05) is 11.6 Å². The van der Waals surface area contributed by atoms with Crippen molar-refractivity contribution in [1.82, 2.24) is 14.8 Å². The van der Waals surface area contributed by atoms with Crippen LogP contribution in [0, 0.1) is 0 Å². The summed E-state index contributed by atoms with van der Waals surface area (Å²) in [5.74, 6) is 0.0879. The number of nitrogen functional groups attached to an aromatic ring is 1. The van der Waals surface area contributed by atoms with Crippen molar-refractivity contribution in [1.29, 1.82) is 0 Å². The van der Waals surface area contributed by atoms with E-state index in [1.807, 2.05) is 0 Å². The highest BCUT2D eigenvalue weighted by Crippen LogP contribution is 2.11. The minimum Gasteiger partial charge on any atom is -0.368 e. The second-order valence-electron chi connectivity index (χ2n) is 2.70. The zero-order chi connectivity index (χ0) is 10.1. The fourth-order valence-electron chi connectivity index (χ4n) is 1.10. The number of rotatable bonds is 1. The van der Waals surface area contributed by atoms with Gasteiger partial charge in [-0.05, 0) is 24.3 Å². The summed E-state index contributed by atoms with van der Waals surface area (Å²) in [5, 5.41) is 4.40. The van der Waals surface area contributed by atoms with Crippen molar-refractivity contribution in [3.8, 4) is 5.69 Å². The van der Waals surface area contributed by atoms with Gasteiger partial charge in [0.15, 0.2) is 0 Å². The van der Waals surface area contributed by atoms with Gasteiger partial charge in [0.05, 0.1) is 5.69 Å². The van der Waals surface area contributed by atoms with Gasteiger partial charge in [-0.2, -0.15) is 4.68 Å². The maximum absolute atomic E-state index is 11.3. The maximum Gasteiger partial charge on any atom is 0.349 e. The van der Waals surface area contributed by atoms with Crippen molar-refractivity contribution >= 4 is 17.5 Å². The lowest BCUT2D eigenvalue weighted by Gasteiger charge is -1.97. The molecule has 1 aromatic heterocycles. The Morgan fingerprint density at radius 1 is 1.36 bits per heavy atom. The lowest BCUT2D eigenvalue weighted by Crippen LogP contribution is -2.15. The Bertz CT molecular complexity index is 499. The molecule has 0 fully saturated rings. The summed E-state index contributed by atoms with van der Waals surface area (Å²) in [6.07, 6.45) is 0. The number of anilines is 1. The summed E-state index contributed by atoms with van der Waals surface area (Å²) in [5.41, 5.74) is 5.58. The third kappa shape index (κ3) is 1.49. The molecule has 0 unspecified atom stereocenters. The lowest BCUT2D eigenvalue weighted by molar-refractivity contribution is 0.845. The number of H-pyrrole nitrogens is 1. The average molecular weight is 211 g/mol. The van der Waals surface area contributed by atoms with Gasteiger partial charge in [0.2, 0.25) is 5.95 Å². The van der Waals surface area contributed by atoms with Crippen LogP contribution in [0.5, 0.6) is 0 Å². The summed E-state index contributed by atoms with van der Waals surface area (Å²) in [4.78, 5) is 13.6. The monoisotopic (exact) mass is 210 g/mol. The Hall–Kier alpha value is -1.75. The second-order valence-corrected chi connectivity index (χ2v) is 3.14. The van der Waals surface area contributed by atoms with Crippen LogP contribution < -0.4 is 11.4 Å². The first kappa shape index (κ1) is 8.83. The SMILES string of the molecule is Nc1nn(-c2ccc(Cl)cc2)c(=O)[nH]1. The van der Waals surface area contributed by atoms with E-state index in [0.29, 0.717) is 10.7 Å². The number of nitrogens with zero attached hydrogens (tertiary/aromatic N) is 2. The Balaban J connectivity index is 2.54. The molecule has 0 aliphatic heterocycles. The minimum atomic E-state index is -0.371. The molecule has 2 rings (SSSR count). The summed E-state index contributed by atoms with van der Waals surface area (Å²) >= 11 is 5.70. The van der Waals surface area contributed by atoms with E-state index >= 15 is 0 Å². The molecule has 6 heteroatoms. The number of halogens is 1. The molecular formula is C8H7ClN4O. The number of aromatic amines is 1. The molecule has 0 saturated heterocycles. The van der Waals surface area contributed by atoms with Crippen molar-refractivity contribution in [2.75, 3.05) is 5.73 Å². The van der Waals surface area contributed by atoms with Crippen LogP contribution in [0.2, 0.25) is 5.02 Å². The Morgan fingerprint density at radius 2 is 2.00 bits per heavy atom. The number of benzene rings is 1. The topological polar surface area (TPSA) is 76.7 Å². The van der Waals surface area contributed by atoms with E-state index in [1.54, 1.807) is 24.3 Å². The minimum absolute atomic E-state index is 0.0879. The highest BCUT2D eigenvalue weighted by atomic mass is 35.5. The van der Waals surface area contributed by atoms with E-state index in [4.69, 9.17) is 17.3 Å². The lowest BCUT2D eigenvalue weighted by atomic mass is 10.3. The van der Waals surface area contributed by atoms with Crippen LogP contribution in [-0.4, -0.2) is 14.8 Å². The molecule has 3 N–H and O–H groups in total. The van der Waals surface area contributed by atoms with Crippen LogP contribution in [0.25, 0.3) is 5.69 Å². The predicted octanol–water partition coefficient (Wildman–Crippen LogP) is 0.796. The quantitative estimate of drug-likeness (QED) is 0.731. The fourth-order valence-corrected chi connectivity index (χ4v) is 1.22. The van der Waals surface area contributed by atoms with Gasteiger partial charge in [0.1, 0.15) is 0 Å². The summed E-state index contributed by atoms with van der Waals surface area (Å²) < 4.78 is 1.17. The summed E-state index contributed by atoms with van der Waals surface area (Å²) in [6, 6.07) is 6.72. The Labute approximate surface area is 84.1 Å². The predicted molar refractivity (Wildman–Crippen MR) is 53.6 cm³/mol. The molecule has 0 radical (unpaired) electrons. The van der Waals surface area contributed by atoms with Crippen LogP contribution >= 0.6 is 11.6 Å². The van der Waals surface area contributed by atoms with Crippen molar-refractivity contribution < 1.29 is 0 Å². The second kappa shape index (κ2) is 3.19. The first-order chi connectivity index (χ1) is 6.66. The smallest absolute Gasteiger partial charge is 0.349 e. The molecule has 0 spiro atoms. The molecule has 0 aliphatic carbocycles. The molecule has 0 atom stereocenters. The van der Waals surface area contributed by atoms with Gasteiger partial charge in [0, 0.05) is 5.02 Å². The van der Waals surface area contributed by atoms with Gasteiger partial charge in [-0.25, -0.2) is 4.79 Å². The number of hydrogen-bond donors (Lipinski definition) is 2. The van der Waals surface area contributed by atoms with Gasteiger partial charge in [0.25, 0.3) is 0 Å². The zero-order valence-corrected chi connectivity index (χ0v) is 7.82. The molecule has 2 aromatic rings. The van der Waals surface area contributed by atoms with Crippen LogP contribution in [0.3, 0.4) is 0 Å². The van der Waals surface area contributed by atoms with E-state index in [-0.39, 0.29) is 11.6 Å². The third-order valence-corrected chi connectivity index (χ3v) is 1.96. The number of hydrogen-bond acceptors (Lipinski definition) is 3. The summed E-state index contributed by atoms with van der Waals surface area (Å²) in [7, 11) is 0. The van der Waals surface area contributed by atoms with E-state index in [2.05, 4.69) is 10.1 Å². The van der Waals surface area contributed by atoms with Crippen LogP contribution in [-0.2, 0) is 0 Å². The standard InChI is InChI=1S/C8H7ClN4O/c9-5-1-3-6(4-2-5)13-8(14)11-7(10)12-13/h1-4H,(H3,10,11,12,14). The molecule has 5 nitrogen and oxygen atoms in total. The molecule has 0 saturated carbocycles. The maximum atomic E-state index is 11.3. The van der Waals surface area contributed by atoms with Crippen molar-refractivity contribution in [2.45, 2.75) is 0 Å². The molecular weight excluding hydrogens is 204 g/mol. The molecule has 1 heterocycles. The molecule has 1 aromatic carbocycles. The molecule has 0 aliphatic rings. The van der Waals surface area contributed by atoms with E-state index < -0.39 is 0 Å². The normalized spacial score (nSPS) is 10.4. The third-order valence-electron chi connectivity index (χ3n) is 1.71.